The van der Waals surface area contributed by atoms with Crippen LogP contribution in [0.15, 0.2) is 35.5 Å². The van der Waals surface area contributed by atoms with Gasteiger partial charge in [-0.2, -0.15) is 0 Å². The van der Waals surface area contributed by atoms with Gasteiger partial charge in [0.1, 0.15) is 5.84 Å². The van der Waals surface area contributed by atoms with Crippen molar-refractivity contribution in [3.05, 3.63) is 35.9 Å². The van der Waals surface area contributed by atoms with E-state index in [-0.39, 0.29) is 17.9 Å². The van der Waals surface area contributed by atoms with Crippen LogP contribution in [0.1, 0.15) is 31.9 Å². The molecule has 5 heteroatoms. The quantitative estimate of drug-likeness (QED) is 0.290. The first-order valence-electron chi connectivity index (χ1n) is 6.52. The zero-order valence-corrected chi connectivity index (χ0v) is 11.5. The van der Waals surface area contributed by atoms with Crippen molar-refractivity contribution >= 4 is 5.84 Å². The second kappa shape index (κ2) is 8.50. The highest BCUT2D eigenvalue weighted by atomic mass is 16.5. The third kappa shape index (κ3) is 5.72. The summed E-state index contributed by atoms with van der Waals surface area (Å²) in [7, 11) is 0. The van der Waals surface area contributed by atoms with E-state index < -0.39 is 0 Å². The maximum atomic E-state index is 8.72. The average molecular weight is 265 g/mol. The van der Waals surface area contributed by atoms with Gasteiger partial charge in [-0.15, -0.1) is 0 Å². The van der Waals surface area contributed by atoms with Crippen LogP contribution in [0.2, 0.25) is 0 Å². The molecule has 0 saturated heterocycles. The molecule has 106 valence electrons. The zero-order chi connectivity index (χ0) is 14.1. The maximum absolute atomic E-state index is 8.72. The minimum Gasteiger partial charge on any atom is -0.409 e. The molecule has 0 saturated carbocycles. The van der Waals surface area contributed by atoms with Gasteiger partial charge in [0, 0.05) is 25.1 Å². The van der Waals surface area contributed by atoms with E-state index in [0.717, 1.165) is 5.56 Å². The molecule has 19 heavy (non-hydrogen) atoms. The summed E-state index contributed by atoms with van der Waals surface area (Å²) in [5.74, 6) is 0.213. The van der Waals surface area contributed by atoms with Crippen LogP contribution >= 0.6 is 0 Å². The molecule has 0 aliphatic carbocycles. The number of nitrogens with two attached hydrogens (primary N) is 1. The number of ether oxygens (including phenoxy) is 1. The summed E-state index contributed by atoms with van der Waals surface area (Å²) in [4.78, 5) is 0. The van der Waals surface area contributed by atoms with Crippen molar-refractivity contribution in [1.82, 2.24) is 5.32 Å². The van der Waals surface area contributed by atoms with Gasteiger partial charge in [-0.25, -0.2) is 0 Å². The first-order chi connectivity index (χ1) is 9.17. The lowest BCUT2D eigenvalue weighted by Gasteiger charge is -2.23. The van der Waals surface area contributed by atoms with E-state index in [4.69, 9.17) is 15.7 Å². The van der Waals surface area contributed by atoms with E-state index in [1.807, 2.05) is 37.3 Å². The average Bonchev–Trinajstić information content (AvgIpc) is 2.45. The van der Waals surface area contributed by atoms with Crippen LogP contribution in [0, 0.1) is 0 Å². The zero-order valence-electron chi connectivity index (χ0n) is 11.5. The number of oxime groups is 1. The van der Waals surface area contributed by atoms with Gasteiger partial charge < -0.3 is 21.0 Å². The van der Waals surface area contributed by atoms with Crippen LogP contribution in [0.25, 0.3) is 0 Å². The van der Waals surface area contributed by atoms with E-state index in [1.54, 1.807) is 0 Å². The predicted molar refractivity (Wildman–Crippen MR) is 76.3 cm³/mol. The number of nitrogens with zero attached hydrogens (tertiary/aromatic N) is 1. The largest absolute Gasteiger partial charge is 0.409 e. The van der Waals surface area contributed by atoms with Gasteiger partial charge in [-0.3, -0.25) is 0 Å². The second-order valence-electron chi connectivity index (χ2n) is 4.49. The van der Waals surface area contributed by atoms with Crippen molar-refractivity contribution < 1.29 is 9.94 Å². The lowest BCUT2D eigenvalue weighted by atomic mass is 10.0. The molecule has 0 heterocycles. The van der Waals surface area contributed by atoms with E-state index in [1.165, 1.54) is 0 Å². The third-order valence-electron chi connectivity index (χ3n) is 2.80. The molecule has 1 rings (SSSR count). The van der Waals surface area contributed by atoms with Crippen molar-refractivity contribution in [2.75, 3.05) is 13.2 Å². The number of hydrogen-bond acceptors (Lipinski definition) is 4. The third-order valence-corrected chi connectivity index (χ3v) is 2.80. The molecule has 0 radical (unpaired) electrons. The van der Waals surface area contributed by atoms with E-state index in [9.17, 15) is 0 Å². The Morgan fingerprint density at radius 3 is 2.68 bits per heavy atom. The molecular weight excluding hydrogens is 242 g/mol. The minimum absolute atomic E-state index is 0.00700. The molecule has 2 unspecified atom stereocenters. The Morgan fingerprint density at radius 1 is 1.42 bits per heavy atom. The molecule has 0 aliphatic rings. The van der Waals surface area contributed by atoms with E-state index in [0.29, 0.717) is 19.6 Å². The van der Waals surface area contributed by atoms with Gasteiger partial charge in [-0.05, 0) is 19.4 Å². The monoisotopic (exact) mass is 265 g/mol. The molecule has 2 atom stereocenters. The van der Waals surface area contributed by atoms with Crippen LogP contribution in [-0.4, -0.2) is 30.3 Å². The first kappa shape index (κ1) is 15.5. The predicted octanol–water partition coefficient (Wildman–Crippen LogP) is 1.88. The van der Waals surface area contributed by atoms with E-state index >= 15 is 0 Å². The molecule has 0 aromatic heterocycles. The highest BCUT2D eigenvalue weighted by Gasteiger charge is 2.16. The number of amidine groups is 1. The van der Waals surface area contributed by atoms with Gasteiger partial charge in [0.05, 0.1) is 6.61 Å². The van der Waals surface area contributed by atoms with Gasteiger partial charge in [0.15, 0.2) is 0 Å². The van der Waals surface area contributed by atoms with Gasteiger partial charge >= 0.3 is 0 Å². The Hall–Kier alpha value is -1.59. The Kier molecular flexibility index (Phi) is 6.92. The molecule has 0 spiro atoms. The summed E-state index contributed by atoms with van der Waals surface area (Å²) < 4.78 is 5.39. The topological polar surface area (TPSA) is 79.9 Å². The first-order valence-corrected chi connectivity index (χ1v) is 6.52. The fraction of sp³-hybridized carbons (Fsp3) is 0.500. The van der Waals surface area contributed by atoms with Crippen molar-refractivity contribution in [3.63, 3.8) is 0 Å². The minimum atomic E-state index is 0.00700. The Morgan fingerprint density at radius 2 is 2.11 bits per heavy atom. The van der Waals surface area contributed by atoms with Crippen LogP contribution < -0.4 is 11.1 Å². The SMILES string of the molecule is CCOCC(C)NC(CC(N)=NO)c1ccccc1. The number of rotatable bonds is 8. The van der Waals surface area contributed by atoms with Crippen molar-refractivity contribution in [2.45, 2.75) is 32.4 Å². The lowest BCUT2D eigenvalue weighted by molar-refractivity contribution is 0.123. The molecule has 5 nitrogen and oxygen atoms in total. The highest BCUT2D eigenvalue weighted by Crippen LogP contribution is 2.17. The van der Waals surface area contributed by atoms with Gasteiger partial charge in [0.25, 0.3) is 0 Å². The Bertz CT molecular complexity index is 382. The Labute approximate surface area is 114 Å². The fourth-order valence-corrected chi connectivity index (χ4v) is 1.89. The second-order valence-corrected chi connectivity index (χ2v) is 4.49. The molecule has 0 fully saturated rings. The number of nitrogens with one attached hydrogen (secondary N) is 1. The molecule has 0 amide bonds. The standard InChI is InChI=1S/C14H23N3O2/c1-3-19-10-11(2)16-13(9-14(15)17-18)12-7-5-4-6-8-12/h4-8,11,13,16,18H,3,9-10H2,1-2H3,(H2,15,17). The van der Waals surface area contributed by atoms with Gasteiger partial charge in [0.2, 0.25) is 0 Å². The summed E-state index contributed by atoms with van der Waals surface area (Å²) in [6.45, 7) is 5.36. The summed E-state index contributed by atoms with van der Waals surface area (Å²) in [6, 6.07) is 10.2. The van der Waals surface area contributed by atoms with Crippen molar-refractivity contribution in [3.8, 4) is 0 Å². The van der Waals surface area contributed by atoms with Crippen LogP contribution in [-0.2, 0) is 4.74 Å². The summed E-state index contributed by atoms with van der Waals surface area (Å²) in [6.07, 6.45) is 0.455. The highest BCUT2D eigenvalue weighted by molar-refractivity contribution is 5.80. The summed E-state index contributed by atoms with van der Waals surface area (Å²) in [5, 5.41) is 15.2. The van der Waals surface area contributed by atoms with Crippen LogP contribution in [0.5, 0.6) is 0 Å². The fourth-order valence-electron chi connectivity index (χ4n) is 1.89. The van der Waals surface area contributed by atoms with Crippen molar-refractivity contribution in [2.24, 2.45) is 10.9 Å². The molecule has 1 aromatic carbocycles. The molecular formula is C14H23N3O2. The molecule has 0 aliphatic heterocycles. The molecule has 4 N–H and O–H groups in total. The smallest absolute Gasteiger partial charge is 0.141 e. The van der Waals surface area contributed by atoms with Crippen LogP contribution in [0.4, 0.5) is 0 Å². The summed E-state index contributed by atoms with van der Waals surface area (Å²) >= 11 is 0. The Balaban J connectivity index is 2.70. The number of hydrogen-bond donors (Lipinski definition) is 3. The maximum Gasteiger partial charge on any atom is 0.141 e. The molecule has 0 bridgehead atoms. The summed E-state index contributed by atoms with van der Waals surface area (Å²) in [5.41, 5.74) is 6.72. The lowest BCUT2D eigenvalue weighted by Crippen LogP contribution is -2.36. The van der Waals surface area contributed by atoms with E-state index in [2.05, 4.69) is 17.4 Å². The van der Waals surface area contributed by atoms with Gasteiger partial charge in [-0.1, -0.05) is 35.5 Å². The van der Waals surface area contributed by atoms with Crippen LogP contribution in [0.3, 0.4) is 0 Å². The van der Waals surface area contributed by atoms with Crippen molar-refractivity contribution in [1.29, 1.82) is 0 Å². The number of benzene rings is 1. The normalized spacial score (nSPS) is 15.2. The molecule has 1 aromatic rings.